The molecule has 0 saturated heterocycles. The number of rotatable bonds is 4. The van der Waals surface area contributed by atoms with Gasteiger partial charge >= 0.3 is 0 Å². The van der Waals surface area contributed by atoms with Gasteiger partial charge in [0.15, 0.2) is 0 Å². The molecule has 7 nitrogen and oxygen atoms in total. The number of hydrogen-bond donors (Lipinski definition) is 0. The van der Waals surface area contributed by atoms with Gasteiger partial charge in [-0.1, -0.05) is 5.69 Å². The van der Waals surface area contributed by atoms with Crippen LogP contribution in [0.1, 0.15) is 0 Å². The minimum absolute atomic E-state index is 0.0841. The predicted molar refractivity (Wildman–Crippen MR) is 57.5 cm³/mol. The minimum Gasteiger partial charge on any atom is -0.574 e. The van der Waals surface area contributed by atoms with Crippen molar-refractivity contribution in [3.63, 3.8) is 0 Å². The Hall–Kier alpha value is -1.83. The smallest absolute Gasteiger partial charge is 0.268 e. The Labute approximate surface area is 92.2 Å². The molecule has 0 saturated carbocycles. The van der Waals surface area contributed by atoms with Gasteiger partial charge in [0, 0.05) is 18.4 Å². The first-order valence-electron chi connectivity index (χ1n) is 4.09. The third-order valence-electron chi connectivity index (χ3n) is 1.64. The van der Waals surface area contributed by atoms with E-state index in [1.807, 2.05) is 0 Å². The Bertz CT molecular complexity index is 511. The van der Waals surface area contributed by atoms with Gasteiger partial charge in [-0.3, -0.25) is 10.1 Å². The number of nitro benzene ring substituents is 1. The zero-order valence-electron chi connectivity index (χ0n) is 8.58. The Morgan fingerprint density at radius 3 is 2.50 bits per heavy atom. The highest BCUT2D eigenvalue weighted by molar-refractivity contribution is 7.93. The minimum atomic E-state index is -3.63. The number of benzene rings is 1. The van der Waals surface area contributed by atoms with Crippen LogP contribution in [0.3, 0.4) is 0 Å². The zero-order valence-corrected chi connectivity index (χ0v) is 9.39. The third-order valence-corrected chi connectivity index (χ3v) is 2.17. The van der Waals surface area contributed by atoms with Gasteiger partial charge in [-0.15, -0.1) is 0 Å². The maximum atomic E-state index is 11.0. The molecule has 0 aliphatic carbocycles. The molecule has 1 aromatic carbocycles. The normalized spacial score (nSPS) is 10.9. The van der Waals surface area contributed by atoms with Crippen molar-refractivity contribution in [3.8, 4) is 5.75 Å². The first kappa shape index (κ1) is 12.2. The number of nitrogens with zero attached hydrogens (tertiary/aromatic N) is 2. The van der Waals surface area contributed by atoms with E-state index in [2.05, 4.69) is 4.72 Å². The molecule has 16 heavy (non-hydrogen) atoms. The molecule has 0 atom stereocenters. The van der Waals surface area contributed by atoms with Gasteiger partial charge in [0.05, 0.1) is 22.1 Å². The molecule has 0 radical (unpaired) electrons. The van der Waals surface area contributed by atoms with E-state index in [4.69, 9.17) is 4.74 Å². The molecule has 0 heterocycles. The lowest BCUT2D eigenvalue weighted by molar-refractivity contribution is -0.384. The van der Waals surface area contributed by atoms with Crippen molar-refractivity contribution in [1.82, 2.24) is 0 Å². The summed E-state index contributed by atoms with van der Waals surface area (Å²) in [6, 6.07) is 3.54. The topological polar surface area (TPSA) is 101 Å². The predicted octanol–water partition coefficient (Wildman–Crippen LogP) is 1.57. The molecule has 0 fully saturated rings. The van der Waals surface area contributed by atoms with Gasteiger partial charge in [0.25, 0.3) is 5.69 Å². The molecule has 0 bridgehead atoms. The molecule has 1 aromatic rings. The quantitative estimate of drug-likeness (QED) is 0.591. The number of non-ortho nitro benzene ring substituents is 1. The van der Waals surface area contributed by atoms with Crippen LogP contribution in [0.2, 0.25) is 0 Å². The fourth-order valence-corrected chi connectivity index (χ4v) is 1.54. The molecule has 0 N–H and O–H groups in total. The maximum absolute atomic E-state index is 11.0. The molecular formula is C8H9N2O5S-. The fraction of sp³-hybridized carbons (Fsp3) is 0.250. The van der Waals surface area contributed by atoms with Crippen LogP contribution in [0.4, 0.5) is 11.4 Å². The van der Waals surface area contributed by atoms with E-state index in [9.17, 15) is 18.5 Å². The standard InChI is InChI=1S/C8H9N2O5S/c1-15-8-4-3-6(10(11)12)5-7(8)9-16(2,13)14/h3-5H,1-2H3/q-1. The van der Waals surface area contributed by atoms with E-state index in [0.717, 1.165) is 12.3 Å². The Balaban J connectivity index is 3.22. The molecule has 88 valence electrons. The first-order chi connectivity index (χ1) is 7.33. The Morgan fingerprint density at radius 1 is 1.44 bits per heavy atom. The van der Waals surface area contributed by atoms with Crippen LogP contribution in [-0.4, -0.2) is 26.7 Å². The number of hydrogen-bond acceptors (Lipinski definition) is 5. The van der Waals surface area contributed by atoms with Crippen molar-refractivity contribution in [2.24, 2.45) is 0 Å². The van der Waals surface area contributed by atoms with Crippen LogP contribution in [0.15, 0.2) is 18.2 Å². The van der Waals surface area contributed by atoms with Crippen LogP contribution in [0.5, 0.6) is 5.75 Å². The summed E-state index contributed by atoms with van der Waals surface area (Å²) in [4.78, 5) is 9.85. The van der Waals surface area contributed by atoms with Gasteiger partial charge in [0.2, 0.25) is 0 Å². The average molecular weight is 245 g/mol. The van der Waals surface area contributed by atoms with Crippen molar-refractivity contribution in [3.05, 3.63) is 33.0 Å². The molecular weight excluding hydrogens is 236 g/mol. The molecule has 1 rings (SSSR count). The van der Waals surface area contributed by atoms with Crippen LogP contribution >= 0.6 is 0 Å². The third kappa shape index (κ3) is 3.09. The molecule has 0 aliphatic rings. The van der Waals surface area contributed by atoms with Crippen molar-refractivity contribution in [1.29, 1.82) is 0 Å². The number of ether oxygens (including phenoxy) is 1. The van der Waals surface area contributed by atoms with Crippen molar-refractivity contribution < 1.29 is 18.1 Å². The van der Waals surface area contributed by atoms with E-state index in [0.29, 0.717) is 0 Å². The summed E-state index contributed by atoms with van der Waals surface area (Å²) >= 11 is 0. The number of nitro groups is 1. The second kappa shape index (κ2) is 4.35. The lowest BCUT2D eigenvalue weighted by atomic mass is 10.2. The van der Waals surface area contributed by atoms with Crippen molar-refractivity contribution >= 4 is 21.4 Å². The highest BCUT2D eigenvalue weighted by atomic mass is 32.2. The largest absolute Gasteiger partial charge is 0.574 e. The van der Waals surface area contributed by atoms with Gasteiger partial charge < -0.3 is 9.46 Å². The zero-order chi connectivity index (χ0) is 12.3. The molecule has 0 amide bonds. The average Bonchev–Trinajstić information content (AvgIpc) is 2.15. The number of sulfonamides is 1. The lowest BCUT2D eigenvalue weighted by Gasteiger charge is -2.21. The molecule has 0 spiro atoms. The number of methoxy groups -OCH3 is 1. The van der Waals surface area contributed by atoms with Crippen LogP contribution < -0.4 is 4.74 Å². The lowest BCUT2D eigenvalue weighted by Crippen LogP contribution is -1.94. The highest BCUT2D eigenvalue weighted by Crippen LogP contribution is 2.36. The summed E-state index contributed by atoms with van der Waals surface area (Å²) in [6.45, 7) is 0. The van der Waals surface area contributed by atoms with Crippen molar-refractivity contribution in [2.45, 2.75) is 0 Å². The van der Waals surface area contributed by atoms with E-state index in [1.165, 1.54) is 19.2 Å². The van der Waals surface area contributed by atoms with E-state index < -0.39 is 14.9 Å². The second-order valence-electron chi connectivity index (χ2n) is 2.94. The van der Waals surface area contributed by atoms with Gasteiger partial charge in [-0.25, -0.2) is 8.42 Å². The van der Waals surface area contributed by atoms with E-state index >= 15 is 0 Å². The summed E-state index contributed by atoms with van der Waals surface area (Å²) in [5.41, 5.74) is -0.331. The summed E-state index contributed by atoms with van der Waals surface area (Å²) in [6.07, 6.45) is 0.894. The Kier molecular flexibility index (Phi) is 3.33. The SMILES string of the molecule is COc1ccc([N+](=O)[O-])cc1[N-]S(C)(=O)=O. The highest BCUT2D eigenvalue weighted by Gasteiger charge is 2.07. The maximum Gasteiger partial charge on any atom is 0.268 e. The van der Waals surface area contributed by atoms with Gasteiger partial charge in [-0.05, 0) is 6.07 Å². The first-order valence-corrected chi connectivity index (χ1v) is 5.94. The van der Waals surface area contributed by atoms with Gasteiger partial charge in [-0.2, -0.15) is 0 Å². The fourth-order valence-electron chi connectivity index (χ4n) is 1.04. The van der Waals surface area contributed by atoms with Crippen molar-refractivity contribution in [2.75, 3.05) is 13.4 Å². The van der Waals surface area contributed by atoms with Crippen LogP contribution in [-0.2, 0) is 10.0 Å². The van der Waals surface area contributed by atoms with Crippen LogP contribution in [0.25, 0.3) is 4.72 Å². The molecule has 8 heteroatoms. The molecule has 0 aliphatic heterocycles. The summed E-state index contributed by atoms with van der Waals surface area (Å²) in [5, 5.41) is 10.5. The summed E-state index contributed by atoms with van der Waals surface area (Å²) in [5.74, 6) is 0.163. The van der Waals surface area contributed by atoms with E-state index in [-0.39, 0.29) is 17.1 Å². The van der Waals surface area contributed by atoms with Crippen LogP contribution in [0, 0.1) is 10.1 Å². The molecule has 0 aromatic heterocycles. The molecule has 0 unspecified atom stereocenters. The summed E-state index contributed by atoms with van der Waals surface area (Å²) in [7, 11) is -2.31. The summed E-state index contributed by atoms with van der Waals surface area (Å²) < 4.78 is 30.1. The monoisotopic (exact) mass is 245 g/mol. The van der Waals surface area contributed by atoms with Gasteiger partial charge in [0.1, 0.15) is 5.75 Å². The second-order valence-corrected chi connectivity index (χ2v) is 4.59. The Morgan fingerprint density at radius 2 is 2.06 bits per heavy atom. The van der Waals surface area contributed by atoms with E-state index in [1.54, 1.807) is 0 Å².